The Morgan fingerprint density at radius 2 is 1.88 bits per heavy atom. The molecule has 6 heteroatoms. The first kappa shape index (κ1) is 17.5. The average molecular weight is 350 g/mol. The van der Waals surface area contributed by atoms with Gasteiger partial charge in [0.2, 0.25) is 0 Å². The number of ether oxygens (including phenoxy) is 1. The molecule has 134 valence electrons. The number of benzene rings is 2. The molecule has 0 saturated heterocycles. The van der Waals surface area contributed by atoms with Crippen LogP contribution < -0.4 is 15.8 Å². The normalized spacial score (nSPS) is 11.6. The van der Waals surface area contributed by atoms with Crippen molar-refractivity contribution >= 4 is 11.6 Å². The Balaban J connectivity index is 1.58. The number of guanidine groups is 1. The zero-order chi connectivity index (χ0) is 18.4. The van der Waals surface area contributed by atoms with Crippen LogP contribution in [0.5, 0.6) is 5.75 Å². The lowest BCUT2D eigenvalue weighted by molar-refractivity contribution is 0.242. The van der Waals surface area contributed by atoms with Crippen molar-refractivity contribution in [3.05, 3.63) is 66.4 Å². The van der Waals surface area contributed by atoms with Crippen LogP contribution in [-0.2, 0) is 6.54 Å². The summed E-state index contributed by atoms with van der Waals surface area (Å²) in [5, 5.41) is 7.07. The smallest absolute Gasteiger partial charge is 0.193 e. The number of nitrogens with one attached hydrogen (secondary N) is 1. The number of nitrogens with zero attached hydrogens (tertiary/aromatic N) is 2. The van der Waals surface area contributed by atoms with E-state index in [1.807, 2.05) is 74.5 Å². The molecule has 2 aromatic carbocycles. The zero-order valence-corrected chi connectivity index (χ0v) is 14.8. The van der Waals surface area contributed by atoms with E-state index in [9.17, 15) is 0 Å². The maximum atomic E-state index is 5.94. The van der Waals surface area contributed by atoms with Gasteiger partial charge in [-0.05, 0) is 38.1 Å². The summed E-state index contributed by atoms with van der Waals surface area (Å²) >= 11 is 0. The van der Waals surface area contributed by atoms with Crippen molar-refractivity contribution in [2.45, 2.75) is 26.5 Å². The Kier molecular flexibility index (Phi) is 5.53. The van der Waals surface area contributed by atoms with E-state index in [1.54, 1.807) is 0 Å². The molecule has 0 atom stereocenters. The van der Waals surface area contributed by atoms with Gasteiger partial charge in [-0.3, -0.25) is 0 Å². The highest BCUT2D eigenvalue weighted by atomic mass is 16.5. The van der Waals surface area contributed by atoms with Gasteiger partial charge in [0, 0.05) is 17.3 Å². The maximum Gasteiger partial charge on any atom is 0.193 e. The van der Waals surface area contributed by atoms with Crippen LogP contribution in [-0.4, -0.2) is 17.2 Å². The first-order chi connectivity index (χ1) is 12.6. The number of hydrogen-bond acceptors (Lipinski definition) is 4. The van der Waals surface area contributed by atoms with Gasteiger partial charge in [0.1, 0.15) is 11.4 Å². The first-order valence-electron chi connectivity index (χ1n) is 8.45. The van der Waals surface area contributed by atoms with Crippen LogP contribution in [0.2, 0.25) is 0 Å². The molecule has 0 saturated carbocycles. The predicted octanol–water partition coefficient (Wildman–Crippen LogP) is 4.06. The van der Waals surface area contributed by atoms with Gasteiger partial charge in [-0.25, -0.2) is 4.99 Å². The molecule has 0 bridgehead atoms. The molecule has 0 aliphatic heterocycles. The van der Waals surface area contributed by atoms with Crippen LogP contribution >= 0.6 is 0 Å². The SMILES string of the molecule is CC(C)Oc1ccc(NC(N)=NCc2cc(-c3ccccc3)on2)cc1. The van der Waals surface area contributed by atoms with Gasteiger partial charge in [0.05, 0.1) is 12.6 Å². The van der Waals surface area contributed by atoms with E-state index < -0.39 is 0 Å². The number of rotatable bonds is 6. The Bertz CT molecular complexity index is 855. The third-order valence-electron chi connectivity index (χ3n) is 3.53. The number of aromatic nitrogens is 1. The molecule has 0 aliphatic carbocycles. The van der Waals surface area contributed by atoms with E-state index in [0.29, 0.717) is 24.0 Å². The third-order valence-corrected chi connectivity index (χ3v) is 3.53. The summed E-state index contributed by atoms with van der Waals surface area (Å²) in [5.74, 6) is 1.84. The maximum absolute atomic E-state index is 5.94. The molecule has 3 rings (SSSR count). The average Bonchev–Trinajstić information content (AvgIpc) is 3.11. The molecule has 3 aromatic rings. The number of nitrogens with two attached hydrogens (primary N) is 1. The molecule has 0 radical (unpaired) electrons. The van der Waals surface area contributed by atoms with E-state index in [4.69, 9.17) is 15.0 Å². The first-order valence-corrected chi connectivity index (χ1v) is 8.45. The molecular formula is C20H22N4O2. The molecule has 6 nitrogen and oxygen atoms in total. The van der Waals surface area contributed by atoms with Crippen molar-refractivity contribution in [1.82, 2.24) is 5.16 Å². The fourth-order valence-electron chi connectivity index (χ4n) is 2.37. The fraction of sp³-hybridized carbons (Fsp3) is 0.200. The number of aliphatic imine (C=N–C) groups is 1. The van der Waals surface area contributed by atoms with Gasteiger partial charge in [0.15, 0.2) is 11.7 Å². The molecule has 0 fully saturated rings. The summed E-state index contributed by atoms with van der Waals surface area (Å²) in [4.78, 5) is 4.30. The van der Waals surface area contributed by atoms with Gasteiger partial charge in [-0.1, -0.05) is 35.5 Å². The van der Waals surface area contributed by atoms with Crippen molar-refractivity contribution in [2.24, 2.45) is 10.7 Å². The standard InChI is InChI=1S/C20H22N4O2/c1-14(2)25-18-10-8-16(9-11-18)23-20(21)22-13-17-12-19(26-24-17)15-6-4-3-5-7-15/h3-12,14H,13H2,1-2H3,(H3,21,22,23). The minimum atomic E-state index is 0.142. The van der Waals surface area contributed by atoms with Crippen LogP contribution in [0.3, 0.4) is 0 Å². The summed E-state index contributed by atoms with van der Waals surface area (Å²) in [7, 11) is 0. The molecule has 0 spiro atoms. The van der Waals surface area contributed by atoms with Crippen LogP contribution in [0.25, 0.3) is 11.3 Å². The Labute approximate surface area is 152 Å². The fourth-order valence-corrected chi connectivity index (χ4v) is 2.37. The zero-order valence-electron chi connectivity index (χ0n) is 14.8. The lowest BCUT2D eigenvalue weighted by Gasteiger charge is -2.10. The second kappa shape index (κ2) is 8.20. The molecule has 0 aliphatic rings. The van der Waals surface area contributed by atoms with Gasteiger partial charge >= 0.3 is 0 Å². The van der Waals surface area contributed by atoms with Crippen LogP contribution in [0, 0.1) is 0 Å². The van der Waals surface area contributed by atoms with Gasteiger partial charge in [0.25, 0.3) is 0 Å². The van der Waals surface area contributed by atoms with E-state index in [0.717, 1.165) is 17.0 Å². The van der Waals surface area contributed by atoms with Crippen molar-refractivity contribution in [2.75, 3.05) is 5.32 Å². The van der Waals surface area contributed by atoms with Crippen LogP contribution in [0.1, 0.15) is 19.5 Å². The highest BCUT2D eigenvalue weighted by molar-refractivity contribution is 5.92. The van der Waals surface area contributed by atoms with E-state index in [2.05, 4.69) is 15.5 Å². The third kappa shape index (κ3) is 4.86. The van der Waals surface area contributed by atoms with Gasteiger partial charge in [-0.2, -0.15) is 0 Å². The quantitative estimate of drug-likeness (QED) is 0.517. The summed E-state index contributed by atoms with van der Waals surface area (Å²) in [6.07, 6.45) is 0.142. The van der Waals surface area contributed by atoms with E-state index in [1.165, 1.54) is 0 Å². The van der Waals surface area contributed by atoms with Crippen LogP contribution in [0.4, 0.5) is 5.69 Å². The minimum absolute atomic E-state index is 0.142. The lowest BCUT2D eigenvalue weighted by atomic mass is 10.2. The Morgan fingerprint density at radius 3 is 2.58 bits per heavy atom. The monoisotopic (exact) mass is 350 g/mol. The second-order valence-electron chi connectivity index (χ2n) is 6.07. The minimum Gasteiger partial charge on any atom is -0.491 e. The largest absolute Gasteiger partial charge is 0.491 e. The van der Waals surface area contributed by atoms with Crippen LogP contribution in [0.15, 0.2) is 70.2 Å². The number of anilines is 1. The topological polar surface area (TPSA) is 85.7 Å². The summed E-state index contributed by atoms with van der Waals surface area (Å²) in [6.45, 7) is 4.32. The lowest BCUT2D eigenvalue weighted by Crippen LogP contribution is -2.22. The summed E-state index contributed by atoms with van der Waals surface area (Å²) < 4.78 is 11.0. The van der Waals surface area contributed by atoms with E-state index in [-0.39, 0.29) is 6.10 Å². The summed E-state index contributed by atoms with van der Waals surface area (Å²) in [5.41, 5.74) is 8.47. The van der Waals surface area contributed by atoms with Gasteiger partial charge < -0.3 is 20.3 Å². The van der Waals surface area contributed by atoms with Gasteiger partial charge in [-0.15, -0.1) is 0 Å². The second-order valence-corrected chi connectivity index (χ2v) is 6.07. The molecule has 26 heavy (non-hydrogen) atoms. The highest BCUT2D eigenvalue weighted by Crippen LogP contribution is 2.20. The Morgan fingerprint density at radius 1 is 1.15 bits per heavy atom. The molecule has 1 aromatic heterocycles. The molecule has 1 heterocycles. The van der Waals surface area contributed by atoms with Crippen molar-refractivity contribution in [1.29, 1.82) is 0 Å². The van der Waals surface area contributed by atoms with E-state index >= 15 is 0 Å². The van der Waals surface area contributed by atoms with Crippen molar-refractivity contribution in [3.63, 3.8) is 0 Å². The Hall–Kier alpha value is -3.28. The molecule has 0 unspecified atom stereocenters. The predicted molar refractivity (Wildman–Crippen MR) is 103 cm³/mol. The molecule has 0 amide bonds. The molecule has 3 N–H and O–H groups in total. The van der Waals surface area contributed by atoms with Crippen molar-refractivity contribution in [3.8, 4) is 17.1 Å². The molecular weight excluding hydrogens is 328 g/mol. The van der Waals surface area contributed by atoms with Crippen molar-refractivity contribution < 1.29 is 9.26 Å². The summed E-state index contributed by atoms with van der Waals surface area (Å²) in [6, 6.07) is 19.2. The highest BCUT2D eigenvalue weighted by Gasteiger charge is 2.06. The number of hydrogen-bond donors (Lipinski definition) is 2.